The van der Waals surface area contributed by atoms with E-state index in [-0.39, 0.29) is 86.3 Å². The lowest BCUT2D eigenvalue weighted by Gasteiger charge is -2.34. The van der Waals surface area contributed by atoms with Gasteiger partial charge in [-0.05, 0) is 87.0 Å². The quantitative estimate of drug-likeness (QED) is 0.0635. The van der Waals surface area contributed by atoms with Gasteiger partial charge in [-0.3, -0.25) is 29.0 Å². The largest absolute Gasteiger partial charge is 0.479 e. The van der Waals surface area contributed by atoms with Crippen molar-refractivity contribution in [3.63, 3.8) is 0 Å². The minimum absolute atomic E-state index is 0. The molecule has 0 bridgehead atoms. The molecule has 7 atom stereocenters. The number of rotatable bonds is 29. The topological polar surface area (TPSA) is 226 Å². The number of esters is 1. The van der Waals surface area contributed by atoms with Crippen molar-refractivity contribution < 1.29 is 43.4 Å². The molecule has 72 heavy (non-hydrogen) atoms. The molecule has 2 heterocycles. The molecule has 3 N–H and O–H groups in total. The summed E-state index contributed by atoms with van der Waals surface area (Å²) in [5, 5.41) is 19.5. The zero-order chi connectivity index (χ0) is 53.4. The number of carboxylic acids is 1. The van der Waals surface area contributed by atoms with Gasteiger partial charge in [0.25, 0.3) is 0 Å². The van der Waals surface area contributed by atoms with Gasteiger partial charge in [0, 0.05) is 87.9 Å². The van der Waals surface area contributed by atoms with Gasteiger partial charge in [-0.2, -0.15) is 5.26 Å². The molecule has 0 aliphatic heterocycles. The SMILES string of the molecule is Cc1cccc(Cn2cc(C[C@@H](C(=O)C[C@@H](CC(C)C)C(=O)N(C)[C@@H](C)C(=O)O[C@H](CCC#N)C(=O)O)N(C)C(=O)[C@@H](CC(=O)[C@H](CC(C)C)N(C)C(=O)[C@@H](N)CC(C)C)CC(C)C)c3ccccc32)n1.Cl. The number of likely N-dealkylation sites (N-methyl/N-ethyl adjacent to an activating group) is 3. The van der Waals surface area contributed by atoms with Crippen LogP contribution in [0.2, 0.25) is 0 Å². The fraction of sp³-hybridized carbons (Fsp3) is 0.618. The normalized spacial score (nSPS) is 14.4. The van der Waals surface area contributed by atoms with Crippen molar-refractivity contribution >= 4 is 64.5 Å². The number of carbonyl (C=O) groups excluding carboxylic acids is 6. The predicted octanol–water partition coefficient (Wildman–Crippen LogP) is 7.82. The summed E-state index contributed by atoms with van der Waals surface area (Å²) in [6.07, 6.45) is 0.984. The van der Waals surface area contributed by atoms with Crippen molar-refractivity contribution in [2.75, 3.05) is 21.1 Å². The number of hydrogen-bond acceptors (Lipinski definition) is 11. The number of nitriles is 1. The molecule has 2 aromatic heterocycles. The minimum Gasteiger partial charge on any atom is -0.479 e. The third kappa shape index (κ3) is 18.1. The summed E-state index contributed by atoms with van der Waals surface area (Å²) in [6, 6.07) is 11.5. The van der Waals surface area contributed by atoms with Crippen molar-refractivity contribution in [3.8, 4) is 6.07 Å². The number of carboxylic acid groups (broad SMARTS) is 1. The third-order valence-corrected chi connectivity index (χ3v) is 13.1. The van der Waals surface area contributed by atoms with Crippen LogP contribution in [-0.4, -0.2) is 122 Å². The first-order valence-electron chi connectivity index (χ1n) is 25.2. The Morgan fingerprint density at radius 1 is 0.722 bits per heavy atom. The maximum absolute atomic E-state index is 15.2. The first-order valence-corrected chi connectivity index (χ1v) is 25.2. The summed E-state index contributed by atoms with van der Waals surface area (Å²) < 4.78 is 7.30. The van der Waals surface area contributed by atoms with E-state index < -0.39 is 71.6 Å². The maximum Gasteiger partial charge on any atom is 0.345 e. The van der Waals surface area contributed by atoms with E-state index in [0.29, 0.717) is 25.8 Å². The molecule has 0 unspecified atom stereocenters. The summed E-state index contributed by atoms with van der Waals surface area (Å²) in [5.74, 6) is -6.07. The van der Waals surface area contributed by atoms with Crippen LogP contribution in [0.15, 0.2) is 48.7 Å². The zero-order valence-electron chi connectivity index (χ0n) is 44.9. The summed E-state index contributed by atoms with van der Waals surface area (Å²) in [7, 11) is 4.56. The van der Waals surface area contributed by atoms with Crippen molar-refractivity contribution in [3.05, 3.63) is 65.6 Å². The summed E-state index contributed by atoms with van der Waals surface area (Å²) in [6.45, 7) is 19.4. The molecule has 3 amide bonds. The molecule has 0 aliphatic carbocycles. The average Bonchev–Trinajstić information content (AvgIpc) is 3.64. The van der Waals surface area contributed by atoms with Crippen LogP contribution >= 0.6 is 12.4 Å². The van der Waals surface area contributed by atoms with Gasteiger partial charge in [0.15, 0.2) is 17.7 Å². The van der Waals surface area contributed by atoms with Gasteiger partial charge in [0.2, 0.25) is 17.7 Å². The van der Waals surface area contributed by atoms with Gasteiger partial charge in [0.1, 0.15) is 6.04 Å². The lowest BCUT2D eigenvalue weighted by atomic mass is 9.85. The second-order valence-corrected chi connectivity index (χ2v) is 21.1. The van der Waals surface area contributed by atoms with E-state index in [2.05, 4.69) is 4.57 Å². The number of ketones is 2. The van der Waals surface area contributed by atoms with E-state index in [9.17, 15) is 29.1 Å². The molecule has 17 heteroatoms. The van der Waals surface area contributed by atoms with Crippen LogP contribution in [0.1, 0.15) is 131 Å². The first-order chi connectivity index (χ1) is 33.3. The monoisotopic (exact) mass is 1020 g/mol. The highest BCUT2D eigenvalue weighted by atomic mass is 35.5. The van der Waals surface area contributed by atoms with Gasteiger partial charge in [0.05, 0.1) is 36.4 Å². The number of amides is 3. The van der Waals surface area contributed by atoms with Gasteiger partial charge in [-0.25, -0.2) is 9.59 Å². The Morgan fingerprint density at radius 3 is 1.78 bits per heavy atom. The number of aromatic nitrogens is 2. The zero-order valence-corrected chi connectivity index (χ0v) is 45.7. The number of aliphatic carboxylic acids is 1. The highest BCUT2D eigenvalue weighted by Gasteiger charge is 2.39. The Bertz CT molecular complexity index is 2360. The van der Waals surface area contributed by atoms with Crippen LogP contribution in [0, 0.1) is 53.8 Å². The van der Waals surface area contributed by atoms with E-state index >= 15 is 9.59 Å². The number of aryl methyl sites for hydroxylation is 1. The summed E-state index contributed by atoms with van der Waals surface area (Å²) >= 11 is 0. The van der Waals surface area contributed by atoms with E-state index in [1.807, 2.05) is 117 Å². The van der Waals surface area contributed by atoms with Crippen LogP contribution in [0.3, 0.4) is 0 Å². The predicted molar refractivity (Wildman–Crippen MR) is 281 cm³/mol. The number of fused-ring (bicyclic) bond motifs is 1. The van der Waals surface area contributed by atoms with Crippen LogP contribution < -0.4 is 5.73 Å². The van der Waals surface area contributed by atoms with Crippen molar-refractivity contribution in [2.24, 2.45) is 41.2 Å². The number of carbonyl (C=O) groups is 7. The lowest BCUT2D eigenvalue weighted by molar-refractivity contribution is -0.169. The number of halogens is 1. The van der Waals surface area contributed by atoms with E-state index in [1.165, 1.54) is 23.8 Å². The van der Waals surface area contributed by atoms with Crippen LogP contribution in [-0.2, 0) is 51.3 Å². The molecule has 0 saturated carbocycles. The highest BCUT2D eigenvalue weighted by molar-refractivity contribution is 5.97. The number of benzene rings is 1. The third-order valence-electron chi connectivity index (χ3n) is 13.1. The standard InChI is InChI=1S/C55H81N7O9.ClH/c1-33(2)24-39(51(65)59(11)38(10)55(70)71-50(54(68)69)22-17-23-56)29-49(64)47(28-41-31-62(45-21-15-14-20-43(41)45)32-42-19-16-18-37(9)58-42)60(12)52(66)40(25-34(3)4)30-48(63)46(27-36(7)8)61(13)53(67)44(57)26-35(5)6;/h14-16,18-21,31,33-36,38-40,44,46-47,50H,17,22,24-30,32,57H2,1-13H3,(H,68,69);1H/t38-,39+,40+,44-,46-,47-,50+;/m0./s1. The Balaban J connectivity index is 0.0000178. The molecular formula is C55H82ClN7O9. The molecule has 1 aromatic carbocycles. The van der Waals surface area contributed by atoms with E-state index in [4.69, 9.17) is 20.7 Å². The molecule has 398 valence electrons. The number of pyridine rings is 1. The van der Waals surface area contributed by atoms with Gasteiger partial charge >= 0.3 is 11.9 Å². The molecular weight excluding hydrogens is 938 g/mol. The highest BCUT2D eigenvalue weighted by Crippen LogP contribution is 2.30. The molecule has 0 spiro atoms. The fourth-order valence-corrected chi connectivity index (χ4v) is 9.31. The second-order valence-electron chi connectivity index (χ2n) is 21.1. The molecule has 0 saturated heterocycles. The first kappa shape index (κ1) is 62.5. The molecule has 0 radical (unpaired) electrons. The van der Waals surface area contributed by atoms with E-state index in [1.54, 1.807) is 14.1 Å². The molecule has 0 fully saturated rings. The van der Waals surface area contributed by atoms with Crippen LogP contribution in [0.5, 0.6) is 0 Å². The molecule has 16 nitrogen and oxygen atoms in total. The van der Waals surface area contributed by atoms with Crippen LogP contribution in [0.4, 0.5) is 0 Å². The minimum atomic E-state index is -1.58. The lowest BCUT2D eigenvalue weighted by Crippen LogP contribution is -2.51. The number of Topliss-reactive ketones (excluding diaryl/α,β-unsaturated/α-hetero) is 2. The average molecular weight is 1020 g/mol. The Kier molecular flexibility index (Phi) is 25.3. The van der Waals surface area contributed by atoms with Gasteiger partial charge in [-0.1, -0.05) is 79.7 Å². The Labute approximate surface area is 433 Å². The number of nitrogens with zero attached hydrogens (tertiary/aromatic N) is 6. The number of nitrogens with two attached hydrogens (primary N) is 1. The number of hydrogen-bond donors (Lipinski definition) is 2. The number of ether oxygens (including phenoxy) is 1. The number of para-hydroxylation sites is 1. The Morgan fingerprint density at radius 2 is 1.25 bits per heavy atom. The maximum atomic E-state index is 15.2. The smallest absolute Gasteiger partial charge is 0.345 e. The van der Waals surface area contributed by atoms with Crippen molar-refractivity contribution in [2.45, 2.75) is 164 Å². The van der Waals surface area contributed by atoms with Gasteiger partial charge in [-0.15, -0.1) is 12.4 Å². The summed E-state index contributed by atoms with van der Waals surface area (Å²) in [5.41, 5.74) is 9.72. The van der Waals surface area contributed by atoms with Crippen LogP contribution in [0.25, 0.3) is 10.9 Å². The van der Waals surface area contributed by atoms with Gasteiger partial charge < -0.3 is 34.8 Å². The Hall–Kier alpha value is -5.66. The second kappa shape index (κ2) is 29.1. The fourth-order valence-electron chi connectivity index (χ4n) is 9.31. The molecule has 0 aliphatic rings. The summed E-state index contributed by atoms with van der Waals surface area (Å²) in [4.78, 5) is 107. The molecule has 3 rings (SSSR count). The van der Waals surface area contributed by atoms with Crippen molar-refractivity contribution in [1.82, 2.24) is 24.3 Å². The van der Waals surface area contributed by atoms with Crippen molar-refractivity contribution in [1.29, 1.82) is 5.26 Å². The molecule has 3 aromatic rings. The van der Waals surface area contributed by atoms with E-state index in [0.717, 1.165) is 32.8 Å².